The molecule has 0 amide bonds. The molecule has 106 valence electrons. The molecule has 0 aliphatic rings. The third kappa shape index (κ3) is 3.60. The van der Waals surface area contributed by atoms with E-state index in [0.29, 0.717) is 25.0 Å². The molecule has 0 heterocycles. The second kappa shape index (κ2) is 5.92. The summed E-state index contributed by atoms with van der Waals surface area (Å²) in [5, 5.41) is 10.4. The normalized spacial score (nSPS) is 11.4. The van der Waals surface area contributed by atoms with Crippen LogP contribution in [0, 0.1) is 21.7 Å². The molecule has 0 unspecified atom stereocenters. The molecule has 0 fully saturated rings. The molecule has 0 bridgehead atoms. The lowest BCUT2D eigenvalue weighted by atomic mass is 9.96. The highest BCUT2D eigenvalue weighted by Crippen LogP contribution is 2.27. The standard InChI is InChI=1S/C12H16F2N2O3/c1-3-12(15,4-2)7-19-11-9(13)5-8(16(17)18)6-10(11)14/h5-6H,3-4,7,15H2,1-2H3. The lowest BCUT2D eigenvalue weighted by Gasteiger charge is -2.26. The number of benzene rings is 1. The van der Waals surface area contributed by atoms with Gasteiger partial charge in [-0.3, -0.25) is 10.1 Å². The molecular formula is C12H16F2N2O3. The predicted octanol–water partition coefficient (Wildman–Crippen LogP) is 2.77. The second-order valence-corrected chi connectivity index (χ2v) is 4.35. The van der Waals surface area contributed by atoms with E-state index in [1.54, 1.807) is 0 Å². The molecule has 0 spiro atoms. The van der Waals surface area contributed by atoms with E-state index >= 15 is 0 Å². The van der Waals surface area contributed by atoms with Crippen molar-refractivity contribution in [3.05, 3.63) is 33.9 Å². The highest BCUT2D eigenvalue weighted by atomic mass is 19.1. The summed E-state index contributed by atoms with van der Waals surface area (Å²) in [6.07, 6.45) is 1.17. The monoisotopic (exact) mass is 274 g/mol. The molecule has 0 saturated carbocycles. The Morgan fingerprint density at radius 2 is 1.79 bits per heavy atom. The van der Waals surface area contributed by atoms with Crippen LogP contribution in [-0.4, -0.2) is 17.1 Å². The number of ether oxygens (including phenoxy) is 1. The SMILES string of the molecule is CCC(N)(CC)COc1c(F)cc([N+](=O)[O-])cc1F. The van der Waals surface area contributed by atoms with Gasteiger partial charge in [0.15, 0.2) is 17.4 Å². The van der Waals surface area contributed by atoms with Crippen molar-refractivity contribution in [3.63, 3.8) is 0 Å². The van der Waals surface area contributed by atoms with Crippen LogP contribution in [0.4, 0.5) is 14.5 Å². The molecule has 7 heteroatoms. The number of hydrogen-bond acceptors (Lipinski definition) is 4. The molecule has 1 aromatic rings. The van der Waals surface area contributed by atoms with Gasteiger partial charge in [-0.2, -0.15) is 0 Å². The van der Waals surface area contributed by atoms with Crippen LogP contribution in [0.1, 0.15) is 26.7 Å². The number of nitrogens with two attached hydrogens (primary N) is 1. The average Bonchev–Trinajstić information content (AvgIpc) is 2.37. The number of nitro benzene ring substituents is 1. The Kier molecular flexibility index (Phi) is 4.77. The maximum Gasteiger partial charge on any atom is 0.275 e. The van der Waals surface area contributed by atoms with Crippen LogP contribution in [0.15, 0.2) is 12.1 Å². The lowest BCUT2D eigenvalue weighted by molar-refractivity contribution is -0.385. The summed E-state index contributed by atoms with van der Waals surface area (Å²) in [5.74, 6) is -2.86. The number of non-ortho nitro benzene ring substituents is 1. The minimum absolute atomic E-state index is 0.0638. The summed E-state index contributed by atoms with van der Waals surface area (Å²) in [4.78, 5) is 9.56. The van der Waals surface area contributed by atoms with E-state index in [0.717, 1.165) is 0 Å². The predicted molar refractivity (Wildman–Crippen MR) is 66.0 cm³/mol. The number of hydrogen-bond donors (Lipinski definition) is 1. The fourth-order valence-electron chi connectivity index (χ4n) is 1.46. The Hall–Kier alpha value is -1.76. The van der Waals surface area contributed by atoms with Crippen molar-refractivity contribution < 1.29 is 18.4 Å². The Morgan fingerprint density at radius 1 is 1.32 bits per heavy atom. The van der Waals surface area contributed by atoms with Crippen LogP contribution in [0.3, 0.4) is 0 Å². The van der Waals surface area contributed by atoms with Crippen LogP contribution in [0.5, 0.6) is 5.75 Å². The van der Waals surface area contributed by atoms with Gasteiger partial charge in [0.2, 0.25) is 0 Å². The zero-order valence-corrected chi connectivity index (χ0v) is 10.8. The summed E-state index contributed by atoms with van der Waals surface area (Å²) in [5.41, 5.74) is 4.60. The molecule has 0 aromatic heterocycles. The molecule has 0 radical (unpaired) electrons. The first-order valence-electron chi connectivity index (χ1n) is 5.88. The summed E-state index contributed by atoms with van der Waals surface area (Å²) in [6.45, 7) is 3.62. The molecule has 0 aliphatic heterocycles. The molecular weight excluding hydrogens is 258 g/mol. The zero-order valence-electron chi connectivity index (χ0n) is 10.8. The van der Waals surface area contributed by atoms with E-state index in [4.69, 9.17) is 10.5 Å². The van der Waals surface area contributed by atoms with Gasteiger partial charge < -0.3 is 10.5 Å². The van der Waals surface area contributed by atoms with Crippen LogP contribution in [0.2, 0.25) is 0 Å². The van der Waals surface area contributed by atoms with E-state index in [-0.39, 0.29) is 6.61 Å². The van der Waals surface area contributed by atoms with E-state index < -0.39 is 33.5 Å². The first-order chi connectivity index (χ1) is 8.83. The van der Waals surface area contributed by atoms with Gasteiger partial charge in [-0.15, -0.1) is 0 Å². The molecule has 5 nitrogen and oxygen atoms in total. The largest absolute Gasteiger partial charge is 0.486 e. The van der Waals surface area contributed by atoms with Gasteiger partial charge in [0.05, 0.1) is 17.1 Å². The number of nitro groups is 1. The summed E-state index contributed by atoms with van der Waals surface area (Å²) < 4.78 is 32.1. The molecule has 0 saturated heterocycles. The van der Waals surface area contributed by atoms with Crippen molar-refractivity contribution >= 4 is 5.69 Å². The number of halogens is 2. The lowest BCUT2D eigenvalue weighted by Crippen LogP contribution is -2.44. The highest BCUT2D eigenvalue weighted by Gasteiger charge is 2.24. The van der Waals surface area contributed by atoms with Crippen molar-refractivity contribution in [2.45, 2.75) is 32.2 Å². The Bertz CT molecular complexity index is 453. The Balaban J connectivity index is 2.94. The fraction of sp³-hybridized carbons (Fsp3) is 0.500. The van der Waals surface area contributed by atoms with Gasteiger partial charge in [-0.05, 0) is 12.8 Å². The van der Waals surface area contributed by atoms with E-state index in [1.165, 1.54) is 0 Å². The minimum Gasteiger partial charge on any atom is -0.486 e. The third-order valence-corrected chi connectivity index (χ3v) is 3.11. The Labute approximate surface area is 109 Å². The minimum atomic E-state index is -1.11. The maximum atomic E-state index is 13.5. The van der Waals surface area contributed by atoms with Crippen molar-refractivity contribution in [3.8, 4) is 5.75 Å². The molecule has 2 N–H and O–H groups in total. The Morgan fingerprint density at radius 3 is 2.16 bits per heavy atom. The smallest absolute Gasteiger partial charge is 0.275 e. The van der Waals surface area contributed by atoms with Crippen molar-refractivity contribution in [2.75, 3.05) is 6.61 Å². The molecule has 0 aliphatic carbocycles. The second-order valence-electron chi connectivity index (χ2n) is 4.35. The quantitative estimate of drug-likeness (QED) is 0.639. The zero-order chi connectivity index (χ0) is 14.6. The highest BCUT2D eigenvalue weighted by molar-refractivity contribution is 5.39. The van der Waals surface area contributed by atoms with Gasteiger partial charge in [0.1, 0.15) is 6.61 Å². The molecule has 0 atom stereocenters. The summed E-state index contributed by atoms with van der Waals surface area (Å²) in [6, 6.07) is 1.24. The van der Waals surface area contributed by atoms with E-state index in [9.17, 15) is 18.9 Å². The van der Waals surface area contributed by atoms with Gasteiger partial charge in [0.25, 0.3) is 5.69 Å². The van der Waals surface area contributed by atoms with E-state index in [2.05, 4.69) is 0 Å². The molecule has 19 heavy (non-hydrogen) atoms. The van der Waals surface area contributed by atoms with Crippen LogP contribution in [-0.2, 0) is 0 Å². The van der Waals surface area contributed by atoms with Gasteiger partial charge in [-0.25, -0.2) is 8.78 Å². The van der Waals surface area contributed by atoms with Crippen molar-refractivity contribution in [1.82, 2.24) is 0 Å². The number of nitrogens with zero attached hydrogens (tertiary/aromatic N) is 1. The van der Waals surface area contributed by atoms with Crippen molar-refractivity contribution in [2.24, 2.45) is 5.73 Å². The maximum absolute atomic E-state index is 13.5. The van der Waals surface area contributed by atoms with Gasteiger partial charge >= 0.3 is 0 Å². The summed E-state index contributed by atoms with van der Waals surface area (Å²) >= 11 is 0. The van der Waals surface area contributed by atoms with Crippen LogP contribution in [0.25, 0.3) is 0 Å². The van der Waals surface area contributed by atoms with Crippen molar-refractivity contribution in [1.29, 1.82) is 0 Å². The number of rotatable bonds is 6. The first kappa shape index (κ1) is 15.3. The summed E-state index contributed by atoms with van der Waals surface area (Å²) in [7, 11) is 0. The van der Waals surface area contributed by atoms with Crippen LogP contribution < -0.4 is 10.5 Å². The van der Waals surface area contributed by atoms with Crippen LogP contribution >= 0.6 is 0 Å². The first-order valence-corrected chi connectivity index (χ1v) is 5.88. The third-order valence-electron chi connectivity index (χ3n) is 3.11. The van der Waals surface area contributed by atoms with E-state index in [1.807, 2.05) is 13.8 Å². The topological polar surface area (TPSA) is 78.4 Å². The fourth-order valence-corrected chi connectivity index (χ4v) is 1.46. The molecule has 1 rings (SSSR count). The average molecular weight is 274 g/mol. The van der Waals surface area contributed by atoms with Gasteiger partial charge in [0, 0.05) is 5.54 Å². The van der Waals surface area contributed by atoms with Gasteiger partial charge in [-0.1, -0.05) is 13.8 Å². The molecule has 1 aromatic carbocycles.